The third-order valence-corrected chi connectivity index (χ3v) is 3.64. The quantitative estimate of drug-likeness (QED) is 0.854. The highest BCUT2D eigenvalue weighted by Crippen LogP contribution is 2.28. The van der Waals surface area contributed by atoms with Crippen LogP contribution in [0.3, 0.4) is 0 Å². The number of amides is 1. The van der Waals surface area contributed by atoms with Gasteiger partial charge in [0.1, 0.15) is 0 Å². The molecule has 2 heterocycles. The molecule has 0 aliphatic carbocycles. The molecule has 116 valence electrons. The molecule has 0 atom stereocenters. The number of carbonyl (C=O) groups is 1. The number of nitrogens with one attached hydrogen (secondary N) is 1. The fourth-order valence-corrected chi connectivity index (χ4v) is 2.52. The van der Waals surface area contributed by atoms with Crippen molar-refractivity contribution in [3.8, 4) is 11.5 Å². The Kier molecular flexibility index (Phi) is 5.80. The number of likely N-dealkylation sites (tertiary alicyclic amines) is 1. The third kappa shape index (κ3) is 4.07. The van der Waals surface area contributed by atoms with Crippen LogP contribution < -0.4 is 14.8 Å². The Morgan fingerprint density at radius 2 is 2.05 bits per heavy atom. The van der Waals surface area contributed by atoms with E-state index in [2.05, 4.69) is 10.3 Å². The van der Waals surface area contributed by atoms with Gasteiger partial charge in [0.2, 0.25) is 5.91 Å². The molecule has 1 aliphatic rings. The SMILES string of the molecule is COc1ccnc(CNCC(=O)N2CCCCC2)c1OC. The molecule has 2 rings (SSSR count). The minimum absolute atomic E-state index is 0.150. The lowest BCUT2D eigenvalue weighted by atomic mass is 10.1. The van der Waals surface area contributed by atoms with E-state index in [0.29, 0.717) is 24.6 Å². The Balaban J connectivity index is 1.87. The zero-order valence-electron chi connectivity index (χ0n) is 12.7. The molecule has 0 spiro atoms. The van der Waals surface area contributed by atoms with Crippen LogP contribution in [0, 0.1) is 0 Å². The standard InChI is InChI=1S/C15H23N3O3/c1-20-13-6-7-17-12(15(13)21-2)10-16-11-14(19)18-8-4-3-5-9-18/h6-7,16H,3-5,8-11H2,1-2H3. The lowest BCUT2D eigenvalue weighted by Crippen LogP contribution is -2.41. The van der Waals surface area contributed by atoms with Crippen molar-refractivity contribution in [1.29, 1.82) is 0 Å². The first-order chi connectivity index (χ1) is 10.3. The average Bonchev–Trinajstić information content (AvgIpc) is 2.55. The molecule has 1 aromatic heterocycles. The molecule has 1 aliphatic heterocycles. The summed E-state index contributed by atoms with van der Waals surface area (Å²) < 4.78 is 10.5. The van der Waals surface area contributed by atoms with Crippen LogP contribution in [0.1, 0.15) is 25.0 Å². The minimum atomic E-state index is 0.150. The Morgan fingerprint density at radius 1 is 1.29 bits per heavy atom. The van der Waals surface area contributed by atoms with Gasteiger partial charge < -0.3 is 19.7 Å². The fourth-order valence-electron chi connectivity index (χ4n) is 2.52. The van der Waals surface area contributed by atoms with Crippen LogP contribution in [0.15, 0.2) is 12.3 Å². The predicted octanol–water partition coefficient (Wildman–Crippen LogP) is 1.20. The maximum Gasteiger partial charge on any atom is 0.236 e. The van der Waals surface area contributed by atoms with Crippen LogP contribution in [-0.2, 0) is 11.3 Å². The first-order valence-corrected chi connectivity index (χ1v) is 7.30. The molecule has 1 amide bonds. The number of ether oxygens (including phenoxy) is 2. The molecule has 0 unspecified atom stereocenters. The lowest BCUT2D eigenvalue weighted by Gasteiger charge is -2.26. The lowest BCUT2D eigenvalue weighted by molar-refractivity contribution is -0.131. The summed E-state index contributed by atoms with van der Waals surface area (Å²) in [5.41, 5.74) is 0.739. The monoisotopic (exact) mass is 293 g/mol. The molecular formula is C15H23N3O3. The number of pyridine rings is 1. The van der Waals surface area contributed by atoms with Crippen molar-refractivity contribution >= 4 is 5.91 Å². The summed E-state index contributed by atoms with van der Waals surface area (Å²) in [5.74, 6) is 1.40. The maximum atomic E-state index is 12.1. The van der Waals surface area contributed by atoms with Gasteiger partial charge in [-0.05, 0) is 19.3 Å². The smallest absolute Gasteiger partial charge is 0.236 e. The number of nitrogens with zero attached hydrogens (tertiary/aromatic N) is 2. The van der Waals surface area contributed by atoms with Gasteiger partial charge in [-0.15, -0.1) is 0 Å². The summed E-state index contributed by atoms with van der Waals surface area (Å²) in [6, 6.07) is 1.75. The average molecular weight is 293 g/mol. The summed E-state index contributed by atoms with van der Waals surface area (Å²) in [4.78, 5) is 18.3. The first-order valence-electron chi connectivity index (χ1n) is 7.30. The van der Waals surface area contributed by atoms with Crippen LogP contribution in [-0.4, -0.2) is 49.6 Å². The number of aromatic nitrogens is 1. The Labute approximate surface area is 125 Å². The van der Waals surface area contributed by atoms with E-state index in [-0.39, 0.29) is 5.91 Å². The van der Waals surface area contributed by atoms with E-state index < -0.39 is 0 Å². The Hall–Kier alpha value is -1.82. The van der Waals surface area contributed by atoms with Crippen LogP contribution in [0.2, 0.25) is 0 Å². The summed E-state index contributed by atoms with van der Waals surface area (Å²) in [6.45, 7) is 2.55. The van der Waals surface area contributed by atoms with Gasteiger partial charge in [-0.25, -0.2) is 0 Å². The van der Waals surface area contributed by atoms with Gasteiger partial charge >= 0.3 is 0 Å². The van der Waals surface area contributed by atoms with Crippen molar-refractivity contribution in [1.82, 2.24) is 15.2 Å². The van der Waals surface area contributed by atoms with Gasteiger partial charge in [-0.3, -0.25) is 9.78 Å². The molecule has 6 nitrogen and oxygen atoms in total. The molecule has 1 saturated heterocycles. The third-order valence-electron chi connectivity index (χ3n) is 3.64. The second-order valence-corrected chi connectivity index (χ2v) is 5.04. The van der Waals surface area contributed by atoms with Crippen LogP contribution in [0.4, 0.5) is 0 Å². The van der Waals surface area contributed by atoms with Crippen LogP contribution >= 0.6 is 0 Å². The Bertz CT molecular complexity index is 473. The van der Waals surface area contributed by atoms with E-state index in [9.17, 15) is 4.79 Å². The summed E-state index contributed by atoms with van der Waals surface area (Å²) in [7, 11) is 3.18. The first kappa shape index (κ1) is 15.6. The number of hydrogen-bond donors (Lipinski definition) is 1. The second-order valence-electron chi connectivity index (χ2n) is 5.04. The zero-order valence-corrected chi connectivity index (χ0v) is 12.7. The van der Waals surface area contributed by atoms with Crippen molar-refractivity contribution in [3.05, 3.63) is 18.0 Å². The normalized spacial score (nSPS) is 14.9. The van der Waals surface area contributed by atoms with E-state index in [1.165, 1.54) is 6.42 Å². The summed E-state index contributed by atoms with van der Waals surface area (Å²) in [5, 5.41) is 3.14. The summed E-state index contributed by atoms with van der Waals surface area (Å²) in [6.07, 6.45) is 5.11. The molecule has 0 saturated carbocycles. The summed E-state index contributed by atoms with van der Waals surface area (Å²) >= 11 is 0. The van der Waals surface area contributed by atoms with E-state index in [1.54, 1.807) is 26.5 Å². The highest BCUT2D eigenvalue weighted by Gasteiger charge is 2.16. The largest absolute Gasteiger partial charge is 0.493 e. The number of carbonyl (C=O) groups excluding carboxylic acids is 1. The highest BCUT2D eigenvalue weighted by molar-refractivity contribution is 5.78. The van der Waals surface area contributed by atoms with E-state index in [1.807, 2.05) is 4.90 Å². The van der Waals surface area contributed by atoms with Gasteiger partial charge in [0, 0.05) is 31.9 Å². The maximum absolute atomic E-state index is 12.1. The second kappa shape index (κ2) is 7.83. The van der Waals surface area contributed by atoms with Crippen molar-refractivity contribution in [2.24, 2.45) is 0 Å². The van der Waals surface area contributed by atoms with Gasteiger partial charge in [-0.2, -0.15) is 0 Å². The van der Waals surface area contributed by atoms with Gasteiger partial charge in [0.15, 0.2) is 11.5 Å². The van der Waals surface area contributed by atoms with Crippen molar-refractivity contribution < 1.29 is 14.3 Å². The molecule has 0 aromatic carbocycles. The molecule has 1 fully saturated rings. The topological polar surface area (TPSA) is 63.7 Å². The molecule has 1 N–H and O–H groups in total. The number of rotatable bonds is 6. The minimum Gasteiger partial charge on any atom is -0.493 e. The number of piperidine rings is 1. The molecule has 0 radical (unpaired) electrons. The highest BCUT2D eigenvalue weighted by atomic mass is 16.5. The molecule has 6 heteroatoms. The van der Waals surface area contributed by atoms with E-state index >= 15 is 0 Å². The predicted molar refractivity (Wildman–Crippen MR) is 79.5 cm³/mol. The number of hydrogen-bond acceptors (Lipinski definition) is 5. The Morgan fingerprint density at radius 3 is 2.71 bits per heavy atom. The number of methoxy groups -OCH3 is 2. The van der Waals surface area contributed by atoms with Crippen LogP contribution in [0.25, 0.3) is 0 Å². The van der Waals surface area contributed by atoms with E-state index in [0.717, 1.165) is 31.6 Å². The van der Waals surface area contributed by atoms with Crippen molar-refractivity contribution in [3.63, 3.8) is 0 Å². The fraction of sp³-hybridized carbons (Fsp3) is 0.600. The van der Waals surface area contributed by atoms with E-state index in [4.69, 9.17) is 9.47 Å². The van der Waals surface area contributed by atoms with Gasteiger partial charge in [0.05, 0.1) is 26.5 Å². The van der Waals surface area contributed by atoms with Crippen molar-refractivity contribution in [2.75, 3.05) is 33.9 Å². The zero-order chi connectivity index (χ0) is 15.1. The van der Waals surface area contributed by atoms with Gasteiger partial charge in [-0.1, -0.05) is 0 Å². The molecule has 0 bridgehead atoms. The van der Waals surface area contributed by atoms with Crippen molar-refractivity contribution in [2.45, 2.75) is 25.8 Å². The molecule has 1 aromatic rings. The molecular weight excluding hydrogens is 270 g/mol. The van der Waals surface area contributed by atoms with Crippen LogP contribution in [0.5, 0.6) is 11.5 Å². The van der Waals surface area contributed by atoms with Gasteiger partial charge in [0.25, 0.3) is 0 Å². The molecule has 21 heavy (non-hydrogen) atoms.